The molecule has 1 heterocycles. The van der Waals surface area contributed by atoms with Gasteiger partial charge in [-0.15, -0.1) is 0 Å². The second-order valence-corrected chi connectivity index (χ2v) is 2.34. The van der Waals surface area contributed by atoms with E-state index in [2.05, 4.69) is 11.9 Å². The molecule has 0 aromatic carbocycles. The van der Waals surface area contributed by atoms with Gasteiger partial charge in [-0.2, -0.15) is 0 Å². The number of rotatable bonds is 3. The van der Waals surface area contributed by atoms with Crippen molar-refractivity contribution < 1.29 is 4.42 Å². The third-order valence-electron chi connectivity index (χ3n) is 1.31. The number of aromatic nitrogens is 1. The minimum atomic E-state index is 0.834. The Kier molecular flexibility index (Phi) is 2.49. The maximum atomic E-state index is 5.13. The van der Waals surface area contributed by atoms with E-state index in [4.69, 9.17) is 4.42 Å². The Morgan fingerprint density at radius 3 is 3.00 bits per heavy atom. The number of nitrogens with zero attached hydrogens (tertiary/aromatic N) is 1. The first kappa shape index (κ1) is 7.32. The summed E-state index contributed by atoms with van der Waals surface area (Å²) < 4.78 is 5.13. The van der Waals surface area contributed by atoms with Gasteiger partial charge >= 0.3 is 0 Å². The van der Waals surface area contributed by atoms with Gasteiger partial charge in [0.25, 0.3) is 0 Å². The van der Waals surface area contributed by atoms with Crippen molar-refractivity contribution in [3.8, 4) is 0 Å². The van der Waals surface area contributed by atoms with Crippen LogP contribution in [0.3, 0.4) is 0 Å². The fraction of sp³-hybridized carbons (Fsp3) is 0.500. The first-order chi connectivity index (χ1) is 4.83. The smallest absolute Gasteiger partial charge is 0.194 e. The fourth-order valence-corrected chi connectivity index (χ4v) is 0.794. The van der Waals surface area contributed by atoms with E-state index in [-0.39, 0.29) is 0 Å². The Morgan fingerprint density at radius 1 is 1.70 bits per heavy atom. The highest BCUT2D eigenvalue weighted by atomic mass is 16.3. The zero-order valence-corrected chi connectivity index (χ0v) is 6.26. The summed E-state index contributed by atoms with van der Waals surface area (Å²) >= 11 is 0. The molecule has 1 rings (SSSR count). The molecule has 0 saturated carbocycles. The molecule has 0 spiro atoms. The zero-order chi connectivity index (χ0) is 7.40. The third kappa shape index (κ3) is 1.87. The molecule has 55 valence electrons. The van der Waals surface area contributed by atoms with Gasteiger partial charge in [0.15, 0.2) is 5.89 Å². The summed E-state index contributed by atoms with van der Waals surface area (Å²) in [6, 6.07) is 0. The van der Waals surface area contributed by atoms with Gasteiger partial charge in [-0.1, -0.05) is 13.3 Å². The van der Waals surface area contributed by atoms with Crippen LogP contribution in [0.5, 0.6) is 0 Å². The largest absolute Gasteiger partial charge is 0.449 e. The molecule has 0 aliphatic rings. The highest BCUT2D eigenvalue weighted by Gasteiger charge is 1.97. The minimum absolute atomic E-state index is 0.834. The van der Waals surface area contributed by atoms with Crippen LogP contribution in [-0.2, 0) is 6.42 Å². The van der Waals surface area contributed by atoms with Crippen LogP contribution in [0.2, 0.25) is 0 Å². The number of hydrogen-bond acceptors (Lipinski definition) is 2. The average Bonchev–Trinajstić information content (AvgIpc) is 2.31. The van der Waals surface area contributed by atoms with E-state index >= 15 is 0 Å². The molecule has 0 fully saturated rings. The third-order valence-corrected chi connectivity index (χ3v) is 1.31. The molecule has 0 saturated heterocycles. The SMILES string of the molecule is [CH2]CCCc1nc(C)co1. The van der Waals surface area contributed by atoms with E-state index in [0.29, 0.717) is 0 Å². The van der Waals surface area contributed by atoms with Crippen LogP contribution in [0.15, 0.2) is 10.7 Å². The molecule has 0 unspecified atom stereocenters. The monoisotopic (exact) mass is 138 g/mol. The number of aryl methyl sites for hydroxylation is 2. The van der Waals surface area contributed by atoms with E-state index in [9.17, 15) is 0 Å². The van der Waals surface area contributed by atoms with Gasteiger partial charge < -0.3 is 4.42 Å². The molecule has 1 radical (unpaired) electrons. The molecule has 2 nitrogen and oxygen atoms in total. The van der Waals surface area contributed by atoms with Crippen molar-refractivity contribution in [3.05, 3.63) is 24.8 Å². The second kappa shape index (κ2) is 3.40. The minimum Gasteiger partial charge on any atom is -0.449 e. The molecule has 0 N–H and O–H groups in total. The molecule has 0 aliphatic carbocycles. The van der Waals surface area contributed by atoms with Gasteiger partial charge in [-0.05, 0) is 13.3 Å². The first-order valence-electron chi connectivity index (χ1n) is 3.53. The Bertz CT molecular complexity index is 193. The Labute approximate surface area is 61.3 Å². The van der Waals surface area contributed by atoms with Crippen molar-refractivity contribution >= 4 is 0 Å². The summed E-state index contributed by atoms with van der Waals surface area (Å²) in [5, 5.41) is 0. The standard InChI is InChI=1S/C8H12NO/c1-3-4-5-8-9-7(2)6-10-8/h6H,1,3-5H2,2H3. The van der Waals surface area contributed by atoms with Crippen LogP contribution in [0.4, 0.5) is 0 Å². The molecule has 1 aromatic heterocycles. The van der Waals surface area contributed by atoms with Crippen LogP contribution in [0, 0.1) is 13.8 Å². The van der Waals surface area contributed by atoms with E-state index in [1.807, 2.05) is 6.92 Å². The van der Waals surface area contributed by atoms with E-state index < -0.39 is 0 Å². The van der Waals surface area contributed by atoms with Crippen LogP contribution in [0.25, 0.3) is 0 Å². The lowest BCUT2D eigenvalue weighted by Gasteiger charge is -1.88. The Balaban J connectivity index is 2.42. The molecular formula is C8H12NO. The van der Waals surface area contributed by atoms with Crippen molar-refractivity contribution in [3.63, 3.8) is 0 Å². The van der Waals surface area contributed by atoms with E-state index in [1.54, 1.807) is 6.26 Å². The molecule has 10 heavy (non-hydrogen) atoms. The molecule has 0 bridgehead atoms. The lowest BCUT2D eigenvalue weighted by atomic mass is 10.2. The molecule has 1 aromatic rings. The highest BCUT2D eigenvalue weighted by Crippen LogP contribution is 2.03. The summed E-state index contributed by atoms with van der Waals surface area (Å²) in [5.74, 6) is 0.834. The summed E-state index contributed by atoms with van der Waals surface area (Å²) in [6.07, 6.45) is 4.59. The Hall–Kier alpha value is -0.790. The van der Waals surface area contributed by atoms with Crippen LogP contribution in [0.1, 0.15) is 24.4 Å². The summed E-state index contributed by atoms with van der Waals surface area (Å²) in [5.41, 5.74) is 0.957. The maximum absolute atomic E-state index is 5.13. The van der Waals surface area contributed by atoms with Crippen LogP contribution >= 0.6 is 0 Å². The van der Waals surface area contributed by atoms with Gasteiger partial charge in [0.05, 0.1) is 5.69 Å². The summed E-state index contributed by atoms with van der Waals surface area (Å²) in [7, 11) is 0. The normalized spacial score (nSPS) is 10.2. The van der Waals surface area contributed by atoms with Crippen molar-refractivity contribution in [2.24, 2.45) is 0 Å². The van der Waals surface area contributed by atoms with Gasteiger partial charge in [0, 0.05) is 6.42 Å². The van der Waals surface area contributed by atoms with E-state index in [1.165, 1.54) is 0 Å². The number of hydrogen-bond donors (Lipinski definition) is 0. The van der Waals surface area contributed by atoms with Crippen molar-refractivity contribution in [1.82, 2.24) is 4.98 Å². The topological polar surface area (TPSA) is 26.0 Å². The van der Waals surface area contributed by atoms with Gasteiger partial charge in [-0.25, -0.2) is 4.98 Å². The van der Waals surface area contributed by atoms with Gasteiger partial charge in [0.2, 0.25) is 0 Å². The zero-order valence-electron chi connectivity index (χ0n) is 6.26. The number of unbranched alkanes of at least 4 members (excludes halogenated alkanes) is 1. The predicted molar refractivity (Wildman–Crippen MR) is 39.5 cm³/mol. The van der Waals surface area contributed by atoms with Crippen LogP contribution in [-0.4, -0.2) is 4.98 Å². The first-order valence-corrected chi connectivity index (χ1v) is 3.53. The molecular weight excluding hydrogens is 126 g/mol. The fourth-order valence-electron chi connectivity index (χ4n) is 0.794. The quantitative estimate of drug-likeness (QED) is 0.639. The number of oxazole rings is 1. The highest BCUT2D eigenvalue weighted by molar-refractivity contribution is 4.92. The van der Waals surface area contributed by atoms with Crippen molar-refractivity contribution in [2.45, 2.75) is 26.2 Å². The second-order valence-electron chi connectivity index (χ2n) is 2.34. The Morgan fingerprint density at radius 2 is 2.50 bits per heavy atom. The lowest BCUT2D eigenvalue weighted by Crippen LogP contribution is -1.83. The maximum Gasteiger partial charge on any atom is 0.194 e. The lowest BCUT2D eigenvalue weighted by molar-refractivity contribution is 0.487. The van der Waals surface area contributed by atoms with Crippen LogP contribution < -0.4 is 0 Å². The predicted octanol–water partition coefficient (Wildman–Crippen LogP) is 2.14. The molecule has 2 heteroatoms. The van der Waals surface area contributed by atoms with Crippen molar-refractivity contribution in [2.75, 3.05) is 0 Å². The van der Waals surface area contributed by atoms with Crippen molar-refractivity contribution in [1.29, 1.82) is 0 Å². The molecule has 0 amide bonds. The van der Waals surface area contributed by atoms with Gasteiger partial charge in [-0.3, -0.25) is 0 Å². The summed E-state index contributed by atoms with van der Waals surface area (Å²) in [6.45, 7) is 5.67. The molecule has 0 atom stereocenters. The summed E-state index contributed by atoms with van der Waals surface area (Å²) in [4.78, 5) is 4.15. The molecule has 0 aliphatic heterocycles. The van der Waals surface area contributed by atoms with E-state index in [0.717, 1.165) is 30.8 Å². The van der Waals surface area contributed by atoms with Gasteiger partial charge in [0.1, 0.15) is 6.26 Å². The average molecular weight is 138 g/mol.